The predicted molar refractivity (Wildman–Crippen MR) is 60.7 cm³/mol. The molecular weight excluding hydrogens is 188 g/mol. The Kier molecular flexibility index (Phi) is 3.97. The minimum atomic E-state index is -0.00933. The van der Waals surface area contributed by atoms with Crippen LogP contribution >= 0.6 is 0 Å². The standard InChI is InChI=1S/C12H18N2O/c1-12(2,3)14-9-11(15)7-10-5-4-6-13-8-10/h4-6,8,14H,7,9H2,1-3H3. The summed E-state index contributed by atoms with van der Waals surface area (Å²) < 4.78 is 0. The third-order valence-corrected chi connectivity index (χ3v) is 1.94. The minimum Gasteiger partial charge on any atom is -0.305 e. The molecule has 0 amide bonds. The van der Waals surface area contributed by atoms with E-state index in [2.05, 4.69) is 10.3 Å². The summed E-state index contributed by atoms with van der Waals surface area (Å²) in [6.07, 6.45) is 3.90. The fourth-order valence-corrected chi connectivity index (χ4v) is 1.16. The lowest BCUT2D eigenvalue weighted by Gasteiger charge is -2.19. The van der Waals surface area contributed by atoms with Crippen LogP contribution in [-0.2, 0) is 11.2 Å². The van der Waals surface area contributed by atoms with Gasteiger partial charge in [0, 0.05) is 24.4 Å². The first-order chi connectivity index (χ1) is 6.97. The van der Waals surface area contributed by atoms with Crippen LogP contribution in [0.5, 0.6) is 0 Å². The van der Waals surface area contributed by atoms with Crippen LogP contribution in [0.3, 0.4) is 0 Å². The first kappa shape index (κ1) is 11.9. The summed E-state index contributed by atoms with van der Waals surface area (Å²) in [5.41, 5.74) is 0.961. The molecule has 0 aliphatic rings. The van der Waals surface area contributed by atoms with Gasteiger partial charge in [-0.05, 0) is 32.4 Å². The van der Waals surface area contributed by atoms with Crippen LogP contribution in [0.4, 0.5) is 0 Å². The van der Waals surface area contributed by atoms with Crippen molar-refractivity contribution in [2.24, 2.45) is 0 Å². The molecule has 1 rings (SSSR count). The second kappa shape index (κ2) is 5.03. The summed E-state index contributed by atoms with van der Waals surface area (Å²) in [5.74, 6) is 0.193. The van der Waals surface area contributed by atoms with Crippen LogP contribution < -0.4 is 5.32 Å². The topological polar surface area (TPSA) is 42.0 Å². The Morgan fingerprint density at radius 2 is 2.20 bits per heavy atom. The average molecular weight is 206 g/mol. The number of Topliss-reactive ketones (excluding diaryl/α,β-unsaturated/α-hetero) is 1. The lowest BCUT2D eigenvalue weighted by atomic mass is 10.1. The Bertz CT molecular complexity index is 314. The largest absolute Gasteiger partial charge is 0.305 e. The fraction of sp³-hybridized carbons (Fsp3) is 0.500. The Balaban J connectivity index is 2.38. The zero-order valence-corrected chi connectivity index (χ0v) is 9.58. The molecular formula is C12H18N2O. The van der Waals surface area contributed by atoms with Gasteiger partial charge in [0.2, 0.25) is 0 Å². The number of hydrogen-bond donors (Lipinski definition) is 1. The molecule has 0 aliphatic carbocycles. The summed E-state index contributed by atoms with van der Waals surface area (Å²) >= 11 is 0. The molecule has 82 valence electrons. The summed E-state index contributed by atoms with van der Waals surface area (Å²) in [4.78, 5) is 15.5. The van der Waals surface area contributed by atoms with Crippen molar-refractivity contribution in [2.45, 2.75) is 32.7 Å². The fourth-order valence-electron chi connectivity index (χ4n) is 1.16. The number of nitrogens with zero attached hydrogens (tertiary/aromatic N) is 1. The molecule has 1 N–H and O–H groups in total. The summed E-state index contributed by atoms with van der Waals surface area (Å²) in [6, 6.07) is 3.77. The number of carbonyl (C=O) groups is 1. The second-order valence-electron chi connectivity index (χ2n) is 4.68. The predicted octanol–water partition coefficient (Wildman–Crippen LogP) is 1.58. The number of pyridine rings is 1. The third-order valence-electron chi connectivity index (χ3n) is 1.94. The summed E-state index contributed by atoms with van der Waals surface area (Å²) in [5, 5.41) is 3.17. The molecule has 0 aromatic carbocycles. The highest BCUT2D eigenvalue weighted by molar-refractivity contribution is 5.82. The van der Waals surface area contributed by atoms with Gasteiger partial charge in [-0.2, -0.15) is 0 Å². The van der Waals surface area contributed by atoms with Crippen molar-refractivity contribution in [3.63, 3.8) is 0 Å². The third kappa shape index (κ3) is 5.27. The van der Waals surface area contributed by atoms with E-state index in [1.54, 1.807) is 12.4 Å². The summed E-state index contributed by atoms with van der Waals surface area (Å²) in [6.45, 7) is 6.55. The number of hydrogen-bond acceptors (Lipinski definition) is 3. The SMILES string of the molecule is CC(C)(C)NCC(=O)Cc1cccnc1. The number of carbonyl (C=O) groups excluding carboxylic acids is 1. The van der Waals surface area contributed by atoms with Gasteiger partial charge in [-0.15, -0.1) is 0 Å². The minimum absolute atomic E-state index is 0.00933. The van der Waals surface area contributed by atoms with E-state index in [9.17, 15) is 4.79 Å². The molecule has 0 radical (unpaired) electrons. The highest BCUT2D eigenvalue weighted by atomic mass is 16.1. The van der Waals surface area contributed by atoms with Crippen molar-refractivity contribution in [1.82, 2.24) is 10.3 Å². The van der Waals surface area contributed by atoms with Gasteiger partial charge < -0.3 is 5.32 Å². The van der Waals surface area contributed by atoms with E-state index in [0.717, 1.165) is 5.56 Å². The van der Waals surface area contributed by atoms with Gasteiger partial charge in [0.1, 0.15) is 0 Å². The van der Waals surface area contributed by atoms with Crippen molar-refractivity contribution in [2.75, 3.05) is 6.54 Å². The molecule has 1 aromatic heterocycles. The van der Waals surface area contributed by atoms with Gasteiger partial charge in [0.25, 0.3) is 0 Å². The molecule has 0 unspecified atom stereocenters. The Hall–Kier alpha value is -1.22. The van der Waals surface area contributed by atoms with Crippen LogP contribution in [0.25, 0.3) is 0 Å². The van der Waals surface area contributed by atoms with Gasteiger partial charge in [0.05, 0.1) is 6.54 Å². The van der Waals surface area contributed by atoms with Crippen molar-refractivity contribution in [3.05, 3.63) is 30.1 Å². The van der Waals surface area contributed by atoms with E-state index in [1.165, 1.54) is 0 Å². The maximum absolute atomic E-state index is 11.6. The quantitative estimate of drug-likeness (QED) is 0.813. The van der Waals surface area contributed by atoms with E-state index >= 15 is 0 Å². The van der Waals surface area contributed by atoms with Crippen molar-refractivity contribution in [3.8, 4) is 0 Å². The Morgan fingerprint density at radius 1 is 1.47 bits per heavy atom. The Labute approximate surface area is 90.9 Å². The van der Waals surface area contributed by atoms with Crippen LogP contribution in [0.1, 0.15) is 26.3 Å². The molecule has 0 saturated heterocycles. The van der Waals surface area contributed by atoms with E-state index < -0.39 is 0 Å². The highest BCUT2D eigenvalue weighted by Gasteiger charge is 2.11. The molecule has 3 heteroatoms. The number of nitrogens with one attached hydrogen (secondary N) is 1. The molecule has 0 spiro atoms. The Morgan fingerprint density at radius 3 is 2.73 bits per heavy atom. The summed E-state index contributed by atoms with van der Waals surface area (Å²) in [7, 11) is 0. The van der Waals surface area contributed by atoms with Crippen LogP contribution in [-0.4, -0.2) is 22.9 Å². The van der Waals surface area contributed by atoms with Gasteiger partial charge in [0.15, 0.2) is 5.78 Å². The number of aromatic nitrogens is 1. The maximum Gasteiger partial charge on any atom is 0.151 e. The molecule has 3 nitrogen and oxygen atoms in total. The van der Waals surface area contributed by atoms with E-state index in [4.69, 9.17) is 0 Å². The molecule has 0 aliphatic heterocycles. The number of ketones is 1. The van der Waals surface area contributed by atoms with Crippen LogP contribution in [0.2, 0.25) is 0 Å². The van der Waals surface area contributed by atoms with Crippen molar-refractivity contribution in [1.29, 1.82) is 0 Å². The normalized spacial score (nSPS) is 11.4. The van der Waals surface area contributed by atoms with Crippen LogP contribution in [0, 0.1) is 0 Å². The van der Waals surface area contributed by atoms with Crippen molar-refractivity contribution < 1.29 is 4.79 Å². The average Bonchev–Trinajstić information content (AvgIpc) is 2.15. The monoisotopic (exact) mass is 206 g/mol. The second-order valence-corrected chi connectivity index (χ2v) is 4.68. The highest BCUT2D eigenvalue weighted by Crippen LogP contribution is 2.00. The first-order valence-electron chi connectivity index (χ1n) is 5.13. The number of rotatable bonds is 4. The zero-order chi connectivity index (χ0) is 11.3. The smallest absolute Gasteiger partial charge is 0.151 e. The first-order valence-corrected chi connectivity index (χ1v) is 5.13. The van der Waals surface area contributed by atoms with E-state index in [1.807, 2.05) is 32.9 Å². The van der Waals surface area contributed by atoms with Gasteiger partial charge >= 0.3 is 0 Å². The molecule has 0 bridgehead atoms. The zero-order valence-electron chi connectivity index (χ0n) is 9.58. The molecule has 0 atom stereocenters. The maximum atomic E-state index is 11.6. The van der Waals surface area contributed by atoms with Gasteiger partial charge in [-0.3, -0.25) is 9.78 Å². The van der Waals surface area contributed by atoms with Gasteiger partial charge in [-0.25, -0.2) is 0 Å². The molecule has 1 heterocycles. The molecule has 0 saturated carbocycles. The molecule has 1 aromatic rings. The lowest BCUT2D eigenvalue weighted by Crippen LogP contribution is -2.39. The molecule has 0 fully saturated rings. The van der Waals surface area contributed by atoms with Gasteiger partial charge in [-0.1, -0.05) is 6.07 Å². The lowest BCUT2D eigenvalue weighted by molar-refractivity contribution is -0.117. The van der Waals surface area contributed by atoms with Crippen LogP contribution in [0.15, 0.2) is 24.5 Å². The van der Waals surface area contributed by atoms with E-state index in [0.29, 0.717) is 13.0 Å². The van der Waals surface area contributed by atoms with Crippen molar-refractivity contribution >= 4 is 5.78 Å². The van der Waals surface area contributed by atoms with E-state index in [-0.39, 0.29) is 11.3 Å². The molecule has 15 heavy (non-hydrogen) atoms.